The summed E-state index contributed by atoms with van der Waals surface area (Å²) in [5.41, 5.74) is 1.73. The van der Waals surface area contributed by atoms with Gasteiger partial charge in [-0.25, -0.2) is 4.79 Å². The minimum Gasteiger partial charge on any atom is -0.451 e. The Morgan fingerprint density at radius 2 is 2.00 bits per heavy atom. The molecule has 1 fully saturated rings. The highest BCUT2D eigenvalue weighted by Crippen LogP contribution is 2.13. The molecule has 0 saturated carbocycles. The number of nitrogens with zero attached hydrogens (tertiary/aromatic N) is 1. The second-order valence-corrected chi connectivity index (χ2v) is 4.98. The fourth-order valence-corrected chi connectivity index (χ4v) is 1.75. The van der Waals surface area contributed by atoms with E-state index in [2.05, 4.69) is 15.6 Å². The second-order valence-electron chi connectivity index (χ2n) is 4.98. The van der Waals surface area contributed by atoms with E-state index < -0.39 is 12.1 Å². The minimum absolute atomic E-state index is 0.0165. The van der Waals surface area contributed by atoms with Crippen LogP contribution in [0, 0.1) is 12.8 Å². The van der Waals surface area contributed by atoms with Crippen molar-refractivity contribution in [3.63, 3.8) is 0 Å². The molecule has 6 nitrogen and oxygen atoms in total. The molecule has 0 spiro atoms. The van der Waals surface area contributed by atoms with Crippen molar-refractivity contribution in [2.75, 3.05) is 5.32 Å². The number of rotatable bonds is 2. The molecule has 1 atom stereocenters. The first-order valence-corrected chi connectivity index (χ1v) is 6.39. The summed E-state index contributed by atoms with van der Waals surface area (Å²) in [6, 6.07) is 6.67. The van der Waals surface area contributed by atoms with Gasteiger partial charge in [0.2, 0.25) is 0 Å². The van der Waals surface area contributed by atoms with Gasteiger partial charge in [-0.05, 0) is 25.0 Å². The highest BCUT2D eigenvalue weighted by atomic mass is 16.5. The number of aliphatic imine (C=N–C) groups is 1. The third-order valence-electron chi connectivity index (χ3n) is 2.84. The molecule has 1 aromatic rings. The Kier molecular flexibility index (Phi) is 4.02. The van der Waals surface area contributed by atoms with E-state index in [9.17, 15) is 9.59 Å². The molecule has 1 aliphatic heterocycles. The molecule has 0 aromatic heterocycles. The zero-order chi connectivity index (χ0) is 14.7. The molecule has 3 amide bonds. The fourth-order valence-electron chi connectivity index (χ4n) is 1.75. The van der Waals surface area contributed by atoms with Gasteiger partial charge in [0.05, 0.1) is 0 Å². The van der Waals surface area contributed by atoms with Gasteiger partial charge in [0, 0.05) is 5.69 Å². The lowest BCUT2D eigenvalue weighted by atomic mass is 10.1. The molecule has 1 heterocycles. The molecular weight excluding hydrogens is 258 g/mol. The van der Waals surface area contributed by atoms with E-state index in [4.69, 9.17) is 4.74 Å². The van der Waals surface area contributed by atoms with Gasteiger partial charge in [-0.3, -0.25) is 10.1 Å². The number of urea groups is 1. The number of aryl methyl sites for hydroxylation is 1. The van der Waals surface area contributed by atoms with Crippen molar-refractivity contribution >= 4 is 23.6 Å². The lowest BCUT2D eigenvalue weighted by molar-refractivity contribution is -0.124. The Labute approximate surface area is 117 Å². The van der Waals surface area contributed by atoms with E-state index in [1.807, 2.05) is 32.9 Å². The number of nitrogens with one attached hydrogen (secondary N) is 2. The maximum Gasteiger partial charge on any atom is 0.349 e. The Hall–Kier alpha value is -2.37. The summed E-state index contributed by atoms with van der Waals surface area (Å²) in [7, 11) is 0. The second kappa shape index (κ2) is 5.73. The number of hydrogen-bond acceptors (Lipinski definition) is 3. The van der Waals surface area contributed by atoms with Crippen LogP contribution in [-0.2, 0) is 9.53 Å². The summed E-state index contributed by atoms with van der Waals surface area (Å²) in [5.74, 6) is -0.259. The molecule has 0 aliphatic carbocycles. The number of benzene rings is 1. The van der Waals surface area contributed by atoms with Crippen LogP contribution < -0.4 is 10.6 Å². The molecule has 106 valence electrons. The highest BCUT2D eigenvalue weighted by Gasteiger charge is 2.33. The third kappa shape index (κ3) is 3.34. The largest absolute Gasteiger partial charge is 0.451 e. The van der Waals surface area contributed by atoms with E-state index in [0.717, 1.165) is 5.56 Å². The fraction of sp³-hybridized carbons (Fsp3) is 0.357. The van der Waals surface area contributed by atoms with Crippen molar-refractivity contribution in [1.29, 1.82) is 0 Å². The number of amides is 3. The highest BCUT2D eigenvalue weighted by molar-refractivity contribution is 6.07. The van der Waals surface area contributed by atoms with Crippen LogP contribution in [0.5, 0.6) is 0 Å². The van der Waals surface area contributed by atoms with Crippen LogP contribution in [0.4, 0.5) is 10.5 Å². The smallest absolute Gasteiger partial charge is 0.349 e. The van der Waals surface area contributed by atoms with Crippen LogP contribution >= 0.6 is 0 Å². The Morgan fingerprint density at radius 3 is 2.55 bits per heavy atom. The first-order valence-electron chi connectivity index (χ1n) is 6.39. The Bertz CT molecular complexity index is 549. The van der Waals surface area contributed by atoms with Gasteiger partial charge in [-0.1, -0.05) is 31.5 Å². The predicted octanol–water partition coefficient (Wildman–Crippen LogP) is 2.05. The van der Waals surface area contributed by atoms with Gasteiger partial charge in [-0.2, -0.15) is 0 Å². The van der Waals surface area contributed by atoms with Gasteiger partial charge >= 0.3 is 12.1 Å². The van der Waals surface area contributed by atoms with Crippen LogP contribution in [0.15, 0.2) is 29.3 Å². The summed E-state index contributed by atoms with van der Waals surface area (Å²) in [6.07, 6.45) is -0.596. The minimum atomic E-state index is -0.596. The maximum absolute atomic E-state index is 11.7. The van der Waals surface area contributed by atoms with Crippen molar-refractivity contribution in [3.05, 3.63) is 29.8 Å². The topological polar surface area (TPSA) is 79.8 Å². The average molecular weight is 275 g/mol. The van der Waals surface area contributed by atoms with Crippen molar-refractivity contribution in [2.24, 2.45) is 10.9 Å². The molecule has 1 saturated heterocycles. The van der Waals surface area contributed by atoms with Gasteiger partial charge in [-0.15, -0.1) is 4.99 Å². The number of amidine groups is 1. The normalized spacial score (nSPS) is 19.9. The van der Waals surface area contributed by atoms with Crippen LogP contribution in [-0.4, -0.2) is 24.1 Å². The third-order valence-corrected chi connectivity index (χ3v) is 2.84. The lowest BCUT2D eigenvalue weighted by Gasteiger charge is -2.09. The van der Waals surface area contributed by atoms with E-state index >= 15 is 0 Å². The SMILES string of the molecule is Cc1ccc(NC(=O)N=C2NC(=O)[C@H](C(C)C)O2)cc1. The van der Waals surface area contributed by atoms with Crippen molar-refractivity contribution < 1.29 is 14.3 Å². The standard InChI is InChI=1S/C14H17N3O3/c1-8(2)11-12(18)16-14(20-11)17-13(19)15-10-6-4-9(3)5-7-10/h4-8,11H,1-3H3,(H2,15,16,17,18,19)/t11-/m0/s1. The number of anilines is 1. The quantitative estimate of drug-likeness (QED) is 0.867. The van der Waals surface area contributed by atoms with Gasteiger partial charge in [0.25, 0.3) is 5.91 Å². The number of ether oxygens (including phenoxy) is 1. The molecule has 2 N–H and O–H groups in total. The molecule has 0 unspecified atom stereocenters. The van der Waals surface area contributed by atoms with Crippen molar-refractivity contribution in [1.82, 2.24) is 5.32 Å². The van der Waals surface area contributed by atoms with Gasteiger partial charge in [0.15, 0.2) is 6.10 Å². The number of carbonyl (C=O) groups is 2. The van der Waals surface area contributed by atoms with Gasteiger partial charge < -0.3 is 10.1 Å². The number of carbonyl (C=O) groups excluding carboxylic acids is 2. The molecule has 1 aliphatic rings. The summed E-state index contributed by atoms with van der Waals surface area (Å²) in [6.45, 7) is 5.68. The first-order chi connectivity index (χ1) is 9.45. The molecule has 20 heavy (non-hydrogen) atoms. The molecule has 0 bridgehead atoms. The molecule has 6 heteroatoms. The lowest BCUT2D eigenvalue weighted by Crippen LogP contribution is -2.28. The van der Waals surface area contributed by atoms with E-state index in [1.165, 1.54) is 0 Å². The summed E-state index contributed by atoms with van der Waals surface area (Å²) >= 11 is 0. The van der Waals surface area contributed by atoms with E-state index in [-0.39, 0.29) is 17.8 Å². The summed E-state index contributed by atoms with van der Waals surface area (Å²) in [4.78, 5) is 27.0. The zero-order valence-electron chi connectivity index (χ0n) is 11.6. The summed E-state index contributed by atoms with van der Waals surface area (Å²) in [5, 5.41) is 5.04. The molecule has 1 aromatic carbocycles. The maximum atomic E-state index is 11.7. The van der Waals surface area contributed by atoms with Crippen molar-refractivity contribution in [2.45, 2.75) is 26.9 Å². The number of hydrogen-bond donors (Lipinski definition) is 2. The van der Waals surface area contributed by atoms with Crippen LogP contribution in [0.3, 0.4) is 0 Å². The van der Waals surface area contributed by atoms with E-state index in [0.29, 0.717) is 5.69 Å². The first kappa shape index (κ1) is 14.0. The molecular formula is C14H17N3O3. The van der Waals surface area contributed by atoms with Crippen molar-refractivity contribution in [3.8, 4) is 0 Å². The monoisotopic (exact) mass is 275 g/mol. The summed E-state index contributed by atoms with van der Waals surface area (Å²) < 4.78 is 5.29. The van der Waals surface area contributed by atoms with Crippen LogP contribution in [0.1, 0.15) is 19.4 Å². The Morgan fingerprint density at radius 1 is 1.35 bits per heavy atom. The van der Waals surface area contributed by atoms with E-state index in [1.54, 1.807) is 12.1 Å². The Balaban J connectivity index is 1.99. The zero-order valence-corrected chi connectivity index (χ0v) is 11.6. The van der Waals surface area contributed by atoms with Crippen LogP contribution in [0.2, 0.25) is 0 Å². The molecule has 0 radical (unpaired) electrons. The van der Waals surface area contributed by atoms with Crippen LogP contribution in [0.25, 0.3) is 0 Å². The predicted molar refractivity (Wildman–Crippen MR) is 75.5 cm³/mol. The average Bonchev–Trinajstić information content (AvgIpc) is 2.73. The van der Waals surface area contributed by atoms with Gasteiger partial charge in [0.1, 0.15) is 0 Å². The molecule has 2 rings (SSSR count).